The van der Waals surface area contributed by atoms with E-state index in [2.05, 4.69) is 16.0 Å². The van der Waals surface area contributed by atoms with E-state index in [0.717, 1.165) is 32.8 Å². The molecule has 0 aliphatic carbocycles. The van der Waals surface area contributed by atoms with E-state index in [-0.39, 0.29) is 11.6 Å². The molecule has 1 atom stereocenters. The number of amides is 3. The molecule has 224 valence electrons. The Hall–Kier alpha value is -5.40. The second-order valence-electron chi connectivity index (χ2n) is 10.4. The summed E-state index contributed by atoms with van der Waals surface area (Å²) in [5.74, 6) is -1.01. The molecular weight excluding hydrogens is 579 g/mol. The van der Waals surface area contributed by atoms with Gasteiger partial charge in [0.15, 0.2) is 0 Å². The number of carbonyl (C=O) groups is 3. The van der Waals surface area contributed by atoms with Crippen molar-refractivity contribution in [3.05, 3.63) is 167 Å². The summed E-state index contributed by atoms with van der Waals surface area (Å²) in [4.78, 5) is 41.0. The summed E-state index contributed by atoms with van der Waals surface area (Å²) in [6.07, 6.45) is 1.64. The zero-order valence-electron chi connectivity index (χ0n) is 25.0. The van der Waals surface area contributed by atoms with Gasteiger partial charge in [-0.2, -0.15) is 0 Å². The average molecular weight is 612 g/mol. The number of para-hydroxylation sites is 1. The Labute approximate surface area is 267 Å². The molecule has 0 aromatic heterocycles. The minimum Gasteiger partial charge on any atom is -0.324 e. The highest BCUT2D eigenvalue weighted by molar-refractivity contribution is 8.00. The van der Waals surface area contributed by atoms with E-state index < -0.39 is 17.1 Å². The monoisotopic (exact) mass is 611 g/mol. The zero-order valence-corrected chi connectivity index (χ0v) is 25.8. The largest absolute Gasteiger partial charge is 0.324 e. The van der Waals surface area contributed by atoms with E-state index >= 15 is 0 Å². The van der Waals surface area contributed by atoms with Crippen LogP contribution < -0.4 is 16.0 Å². The lowest BCUT2D eigenvalue weighted by molar-refractivity contribution is -0.116. The molecule has 0 heterocycles. The van der Waals surface area contributed by atoms with E-state index in [4.69, 9.17) is 0 Å². The molecule has 5 aromatic carbocycles. The second-order valence-corrected chi connectivity index (χ2v) is 11.6. The molecular formula is C38H33N3O3S. The van der Waals surface area contributed by atoms with Gasteiger partial charge in [-0.15, -0.1) is 11.8 Å². The molecule has 0 saturated heterocycles. The molecule has 5 aromatic rings. The van der Waals surface area contributed by atoms with Crippen LogP contribution in [0.1, 0.15) is 37.9 Å². The van der Waals surface area contributed by atoms with Gasteiger partial charge < -0.3 is 16.0 Å². The molecule has 7 heteroatoms. The molecule has 1 unspecified atom stereocenters. The van der Waals surface area contributed by atoms with Crippen LogP contribution in [-0.4, -0.2) is 17.7 Å². The Bertz CT molecular complexity index is 1800. The first kappa shape index (κ1) is 31.0. The van der Waals surface area contributed by atoms with E-state index in [1.807, 2.05) is 117 Å². The smallest absolute Gasteiger partial charge is 0.272 e. The van der Waals surface area contributed by atoms with E-state index in [0.29, 0.717) is 11.3 Å². The average Bonchev–Trinajstić information content (AvgIpc) is 3.06. The predicted octanol–water partition coefficient (Wildman–Crippen LogP) is 8.19. The van der Waals surface area contributed by atoms with E-state index in [9.17, 15) is 14.4 Å². The van der Waals surface area contributed by atoms with E-state index in [1.54, 1.807) is 36.4 Å². The minimum atomic E-state index is -0.546. The van der Waals surface area contributed by atoms with Gasteiger partial charge in [-0.05, 0) is 72.5 Å². The summed E-state index contributed by atoms with van der Waals surface area (Å²) < 4.78 is 0. The standard InChI is InChI=1S/C38H33N3O3S/c1-26-14-12-15-27(2)34(26)41-38(44)35(29-18-8-4-9-19-29)45-32-23-13-22-31(25-32)39-37(43)33(24-28-16-6-3-7-17-28)40-36(42)30-20-10-5-11-21-30/h3-25,35H,1-2H3,(H,39,43)(H,40,42)(H,41,44)/b33-24-. The number of hydrogen-bond donors (Lipinski definition) is 3. The topological polar surface area (TPSA) is 87.3 Å². The van der Waals surface area contributed by atoms with Gasteiger partial charge in [0.05, 0.1) is 0 Å². The zero-order chi connectivity index (χ0) is 31.6. The lowest BCUT2D eigenvalue weighted by Gasteiger charge is -2.19. The van der Waals surface area contributed by atoms with Crippen LogP contribution in [0.3, 0.4) is 0 Å². The van der Waals surface area contributed by atoms with Crippen molar-refractivity contribution < 1.29 is 14.4 Å². The number of hydrogen-bond acceptors (Lipinski definition) is 4. The normalized spacial score (nSPS) is 11.7. The SMILES string of the molecule is Cc1cccc(C)c1NC(=O)C(Sc1cccc(NC(=O)/C(=C/c2ccccc2)NC(=O)c2ccccc2)c1)c1ccccc1. The molecule has 6 nitrogen and oxygen atoms in total. The van der Waals surface area contributed by atoms with Crippen LogP contribution in [0.15, 0.2) is 144 Å². The molecule has 5 rings (SSSR count). The molecule has 0 aliphatic rings. The van der Waals surface area contributed by atoms with Crippen LogP contribution in [0, 0.1) is 13.8 Å². The molecule has 0 fully saturated rings. The Morgan fingerprint density at radius 2 is 1.27 bits per heavy atom. The Morgan fingerprint density at radius 3 is 1.93 bits per heavy atom. The molecule has 45 heavy (non-hydrogen) atoms. The highest BCUT2D eigenvalue weighted by Gasteiger charge is 2.24. The van der Waals surface area contributed by atoms with Gasteiger partial charge in [0.1, 0.15) is 10.9 Å². The fourth-order valence-corrected chi connectivity index (χ4v) is 5.82. The van der Waals surface area contributed by atoms with Gasteiger partial charge in [-0.25, -0.2) is 0 Å². The van der Waals surface area contributed by atoms with Crippen molar-refractivity contribution in [3.8, 4) is 0 Å². The first-order chi connectivity index (χ1) is 21.9. The van der Waals surface area contributed by atoms with Crippen molar-refractivity contribution in [1.82, 2.24) is 5.32 Å². The summed E-state index contributed by atoms with van der Waals surface area (Å²) in [5, 5.41) is 8.28. The minimum absolute atomic E-state index is 0.100. The third-order valence-corrected chi connectivity index (χ3v) is 8.30. The van der Waals surface area contributed by atoms with Crippen LogP contribution in [0.25, 0.3) is 6.08 Å². The summed E-state index contributed by atoms with van der Waals surface area (Å²) in [5.41, 5.74) is 5.47. The fraction of sp³-hybridized carbons (Fsp3) is 0.0789. The maximum atomic E-state index is 13.7. The number of nitrogens with one attached hydrogen (secondary N) is 3. The number of anilines is 2. The van der Waals surface area contributed by atoms with Crippen LogP contribution in [0.5, 0.6) is 0 Å². The Morgan fingerprint density at radius 1 is 0.667 bits per heavy atom. The third-order valence-electron chi connectivity index (χ3n) is 7.05. The molecule has 3 N–H and O–H groups in total. The van der Waals surface area contributed by atoms with Crippen LogP contribution in [0.4, 0.5) is 11.4 Å². The van der Waals surface area contributed by atoms with Crippen LogP contribution in [0.2, 0.25) is 0 Å². The van der Waals surface area contributed by atoms with Crippen molar-refractivity contribution in [3.63, 3.8) is 0 Å². The summed E-state index contributed by atoms with van der Waals surface area (Å²) in [6.45, 7) is 3.95. The molecule has 0 radical (unpaired) electrons. The number of thioether (sulfide) groups is 1. The van der Waals surface area contributed by atoms with Crippen molar-refractivity contribution in [2.45, 2.75) is 24.0 Å². The predicted molar refractivity (Wildman–Crippen MR) is 183 cm³/mol. The highest BCUT2D eigenvalue weighted by Crippen LogP contribution is 2.37. The van der Waals surface area contributed by atoms with Gasteiger partial charge in [-0.3, -0.25) is 14.4 Å². The number of aryl methyl sites for hydroxylation is 2. The Balaban J connectivity index is 1.38. The highest BCUT2D eigenvalue weighted by atomic mass is 32.2. The van der Waals surface area contributed by atoms with Crippen molar-refractivity contribution in [2.24, 2.45) is 0 Å². The number of carbonyl (C=O) groups excluding carboxylic acids is 3. The van der Waals surface area contributed by atoms with Gasteiger partial charge in [0.2, 0.25) is 5.91 Å². The lowest BCUT2D eigenvalue weighted by Crippen LogP contribution is -2.30. The quantitative estimate of drug-likeness (QED) is 0.110. The molecule has 3 amide bonds. The molecule has 0 saturated carbocycles. The van der Waals surface area contributed by atoms with Crippen molar-refractivity contribution in [1.29, 1.82) is 0 Å². The van der Waals surface area contributed by atoms with Gasteiger partial charge >= 0.3 is 0 Å². The summed E-state index contributed by atoms with van der Waals surface area (Å²) in [6, 6.07) is 40.9. The summed E-state index contributed by atoms with van der Waals surface area (Å²) in [7, 11) is 0. The fourth-order valence-electron chi connectivity index (χ4n) is 4.74. The van der Waals surface area contributed by atoms with Crippen LogP contribution in [-0.2, 0) is 9.59 Å². The maximum Gasteiger partial charge on any atom is 0.272 e. The number of rotatable bonds is 10. The van der Waals surface area contributed by atoms with Crippen molar-refractivity contribution in [2.75, 3.05) is 10.6 Å². The summed E-state index contributed by atoms with van der Waals surface area (Å²) >= 11 is 1.39. The van der Waals surface area contributed by atoms with Gasteiger partial charge in [-0.1, -0.05) is 103 Å². The van der Waals surface area contributed by atoms with Crippen molar-refractivity contribution >= 4 is 46.9 Å². The molecule has 0 bridgehead atoms. The first-order valence-corrected chi connectivity index (χ1v) is 15.4. The Kier molecular flexibility index (Phi) is 10.2. The van der Waals surface area contributed by atoms with E-state index in [1.165, 1.54) is 11.8 Å². The first-order valence-electron chi connectivity index (χ1n) is 14.5. The molecule has 0 aliphatic heterocycles. The maximum absolute atomic E-state index is 13.7. The number of benzene rings is 5. The molecule has 0 spiro atoms. The second kappa shape index (κ2) is 14.9. The van der Waals surface area contributed by atoms with Gasteiger partial charge in [0.25, 0.3) is 11.8 Å². The van der Waals surface area contributed by atoms with Crippen LogP contribution >= 0.6 is 11.8 Å². The third kappa shape index (κ3) is 8.37. The van der Waals surface area contributed by atoms with Gasteiger partial charge in [0, 0.05) is 21.8 Å². The lowest BCUT2D eigenvalue weighted by atomic mass is 10.1.